The van der Waals surface area contributed by atoms with E-state index in [1.807, 2.05) is 25.1 Å². The first kappa shape index (κ1) is 28.1. The molecular formula is C32H49NO. The van der Waals surface area contributed by atoms with Crippen molar-refractivity contribution in [2.24, 2.45) is 4.99 Å². The summed E-state index contributed by atoms with van der Waals surface area (Å²) in [6.45, 7) is 4.97. The molecule has 0 bridgehead atoms. The molecule has 2 aromatic carbocycles. The second-order valence-corrected chi connectivity index (χ2v) is 9.97. The molecule has 1 N–H and O–H groups in total. The predicted octanol–water partition coefficient (Wildman–Crippen LogP) is 9.95. The van der Waals surface area contributed by atoms with Crippen LogP contribution in [0.1, 0.15) is 126 Å². The van der Waals surface area contributed by atoms with Crippen molar-refractivity contribution in [3.63, 3.8) is 0 Å². The first-order chi connectivity index (χ1) is 16.7. The minimum absolute atomic E-state index is 0.354. The van der Waals surface area contributed by atoms with Crippen LogP contribution in [0.25, 0.3) is 0 Å². The highest BCUT2D eigenvalue weighted by molar-refractivity contribution is 6.02. The molecule has 0 heterocycles. The van der Waals surface area contributed by atoms with E-state index < -0.39 is 0 Å². The Morgan fingerprint density at radius 2 is 1.21 bits per heavy atom. The molecule has 0 aliphatic heterocycles. The third-order valence-corrected chi connectivity index (χ3v) is 6.78. The third kappa shape index (κ3) is 12.4. The molecule has 0 radical (unpaired) electrons. The Kier molecular flexibility index (Phi) is 15.1. The summed E-state index contributed by atoms with van der Waals surface area (Å²) in [5.74, 6) is 0.354. The smallest absolute Gasteiger partial charge is 0.124 e. The molecule has 0 aromatic heterocycles. The lowest BCUT2D eigenvalue weighted by atomic mass is 10.00. The SMILES string of the molecule is CCCCCCCCCCCCCCCCCC(=NCc1ccccc1)c1ccc(C)cc1O. The van der Waals surface area contributed by atoms with Crippen LogP contribution in [0, 0.1) is 6.92 Å². The van der Waals surface area contributed by atoms with Crippen molar-refractivity contribution in [1.29, 1.82) is 0 Å². The zero-order valence-corrected chi connectivity index (χ0v) is 22.0. The Bertz CT molecular complexity index is 796. The van der Waals surface area contributed by atoms with Gasteiger partial charge in [-0.1, -0.05) is 133 Å². The maximum absolute atomic E-state index is 10.5. The van der Waals surface area contributed by atoms with E-state index in [0.717, 1.165) is 29.7 Å². The third-order valence-electron chi connectivity index (χ3n) is 6.78. The van der Waals surface area contributed by atoms with Crippen LogP contribution in [0.2, 0.25) is 0 Å². The fourth-order valence-corrected chi connectivity index (χ4v) is 4.62. The van der Waals surface area contributed by atoms with Gasteiger partial charge in [0.2, 0.25) is 0 Å². The van der Waals surface area contributed by atoms with E-state index in [1.54, 1.807) is 0 Å². The summed E-state index contributed by atoms with van der Waals surface area (Å²) in [6.07, 6.45) is 21.5. The molecule has 0 fully saturated rings. The lowest BCUT2D eigenvalue weighted by Gasteiger charge is -2.11. The maximum atomic E-state index is 10.5. The zero-order valence-electron chi connectivity index (χ0n) is 22.0. The first-order valence-corrected chi connectivity index (χ1v) is 14.1. The largest absolute Gasteiger partial charge is 0.507 e. The van der Waals surface area contributed by atoms with Crippen molar-refractivity contribution < 1.29 is 5.11 Å². The summed E-state index contributed by atoms with van der Waals surface area (Å²) < 4.78 is 0. The second kappa shape index (κ2) is 18.3. The molecule has 34 heavy (non-hydrogen) atoms. The number of nitrogens with zero attached hydrogens (tertiary/aromatic N) is 1. The standard InChI is InChI=1S/C32H49NO/c1-3-4-5-6-7-8-9-10-11-12-13-14-15-16-20-23-31(30-25-24-28(2)26-32(30)34)33-27-29-21-18-17-19-22-29/h17-19,21-22,24-26,34H,3-16,20,23,27H2,1-2H3. The number of phenols is 1. The number of phenolic OH excluding ortho intramolecular Hbond substituents is 1. The Balaban J connectivity index is 1.62. The van der Waals surface area contributed by atoms with Crippen molar-refractivity contribution in [2.75, 3.05) is 0 Å². The highest BCUT2D eigenvalue weighted by Crippen LogP contribution is 2.23. The molecule has 2 rings (SSSR count). The highest BCUT2D eigenvalue weighted by atomic mass is 16.3. The molecule has 0 amide bonds. The van der Waals surface area contributed by atoms with E-state index in [-0.39, 0.29) is 0 Å². The van der Waals surface area contributed by atoms with Crippen LogP contribution >= 0.6 is 0 Å². The molecule has 0 aliphatic carbocycles. The molecule has 2 aromatic rings. The molecule has 0 unspecified atom stereocenters. The van der Waals surface area contributed by atoms with Gasteiger partial charge in [-0.25, -0.2) is 0 Å². The summed E-state index contributed by atoms with van der Waals surface area (Å²) in [4.78, 5) is 4.91. The molecule has 188 valence electrons. The summed E-state index contributed by atoms with van der Waals surface area (Å²) in [5.41, 5.74) is 4.22. The predicted molar refractivity (Wildman–Crippen MR) is 149 cm³/mol. The number of benzene rings is 2. The van der Waals surface area contributed by atoms with E-state index in [9.17, 15) is 5.11 Å². The van der Waals surface area contributed by atoms with Gasteiger partial charge in [-0.3, -0.25) is 4.99 Å². The number of aliphatic imine (C=N–C) groups is 1. The number of unbranched alkanes of at least 4 members (excludes halogenated alkanes) is 14. The topological polar surface area (TPSA) is 32.6 Å². The molecular weight excluding hydrogens is 414 g/mol. The molecule has 0 atom stereocenters. The van der Waals surface area contributed by atoms with E-state index in [4.69, 9.17) is 4.99 Å². The zero-order chi connectivity index (χ0) is 24.3. The molecule has 0 spiro atoms. The number of aryl methyl sites for hydroxylation is 1. The molecule has 0 saturated carbocycles. The van der Waals surface area contributed by atoms with Crippen molar-refractivity contribution in [1.82, 2.24) is 0 Å². The minimum atomic E-state index is 0.354. The van der Waals surface area contributed by atoms with Gasteiger partial charge in [0.05, 0.1) is 6.54 Å². The lowest BCUT2D eigenvalue weighted by Crippen LogP contribution is -2.03. The summed E-state index contributed by atoms with van der Waals surface area (Å²) in [5, 5.41) is 10.5. The summed E-state index contributed by atoms with van der Waals surface area (Å²) in [6, 6.07) is 16.3. The van der Waals surface area contributed by atoms with Gasteiger partial charge in [-0.2, -0.15) is 0 Å². The van der Waals surface area contributed by atoms with Crippen LogP contribution < -0.4 is 0 Å². The van der Waals surface area contributed by atoms with E-state index >= 15 is 0 Å². The Hall–Kier alpha value is -2.09. The summed E-state index contributed by atoms with van der Waals surface area (Å²) in [7, 11) is 0. The number of hydrogen-bond donors (Lipinski definition) is 1. The van der Waals surface area contributed by atoms with Gasteiger partial charge < -0.3 is 5.11 Å². The fourth-order valence-electron chi connectivity index (χ4n) is 4.62. The van der Waals surface area contributed by atoms with Crippen LogP contribution in [-0.4, -0.2) is 10.8 Å². The molecule has 2 heteroatoms. The minimum Gasteiger partial charge on any atom is -0.507 e. The van der Waals surface area contributed by atoms with E-state index in [0.29, 0.717) is 12.3 Å². The normalized spacial score (nSPS) is 11.8. The van der Waals surface area contributed by atoms with Crippen molar-refractivity contribution in [3.05, 3.63) is 65.2 Å². The van der Waals surface area contributed by atoms with Crippen LogP contribution in [-0.2, 0) is 6.54 Å². The van der Waals surface area contributed by atoms with Crippen LogP contribution in [0.5, 0.6) is 5.75 Å². The fraction of sp³-hybridized carbons (Fsp3) is 0.594. The molecule has 0 aliphatic rings. The van der Waals surface area contributed by atoms with Crippen molar-refractivity contribution in [2.45, 2.75) is 123 Å². The monoisotopic (exact) mass is 463 g/mol. The Labute approximate surface area is 209 Å². The van der Waals surface area contributed by atoms with Crippen LogP contribution in [0.15, 0.2) is 53.5 Å². The van der Waals surface area contributed by atoms with Gasteiger partial charge in [-0.15, -0.1) is 0 Å². The van der Waals surface area contributed by atoms with Gasteiger partial charge in [0, 0.05) is 11.3 Å². The average molecular weight is 464 g/mol. The van der Waals surface area contributed by atoms with Gasteiger partial charge in [0.25, 0.3) is 0 Å². The van der Waals surface area contributed by atoms with E-state index in [2.05, 4.69) is 37.3 Å². The van der Waals surface area contributed by atoms with Crippen LogP contribution in [0.4, 0.5) is 0 Å². The van der Waals surface area contributed by atoms with Gasteiger partial charge in [0.1, 0.15) is 5.75 Å². The van der Waals surface area contributed by atoms with Gasteiger partial charge in [-0.05, 0) is 43.0 Å². The second-order valence-electron chi connectivity index (χ2n) is 9.97. The Morgan fingerprint density at radius 1 is 0.676 bits per heavy atom. The highest BCUT2D eigenvalue weighted by Gasteiger charge is 2.09. The number of rotatable bonds is 19. The quantitative estimate of drug-likeness (QED) is 0.163. The average Bonchev–Trinajstić information content (AvgIpc) is 2.84. The van der Waals surface area contributed by atoms with Crippen LogP contribution in [0.3, 0.4) is 0 Å². The first-order valence-electron chi connectivity index (χ1n) is 14.1. The van der Waals surface area contributed by atoms with Gasteiger partial charge >= 0.3 is 0 Å². The van der Waals surface area contributed by atoms with Gasteiger partial charge in [0.15, 0.2) is 0 Å². The number of aromatic hydroxyl groups is 1. The van der Waals surface area contributed by atoms with Crippen molar-refractivity contribution in [3.8, 4) is 5.75 Å². The summed E-state index contributed by atoms with van der Waals surface area (Å²) >= 11 is 0. The molecule has 2 nitrogen and oxygen atoms in total. The van der Waals surface area contributed by atoms with E-state index in [1.165, 1.54) is 95.5 Å². The number of hydrogen-bond acceptors (Lipinski definition) is 2. The lowest BCUT2D eigenvalue weighted by molar-refractivity contribution is 0.473. The molecule has 0 saturated heterocycles. The van der Waals surface area contributed by atoms with Crippen molar-refractivity contribution >= 4 is 5.71 Å². The Morgan fingerprint density at radius 3 is 1.74 bits per heavy atom. The maximum Gasteiger partial charge on any atom is 0.124 e.